The number of carbonyl (C=O) groups is 2. The summed E-state index contributed by atoms with van der Waals surface area (Å²) in [6.07, 6.45) is -3.86. The first-order chi connectivity index (χ1) is 7.93. The highest BCUT2D eigenvalue weighted by Crippen LogP contribution is 2.23. The number of hydrogen-bond acceptors (Lipinski definition) is 7. The fourth-order valence-corrected chi connectivity index (χ4v) is 1.66. The smallest absolute Gasteiger partial charge is 0.304 e. The molecule has 0 aromatic heterocycles. The van der Waals surface area contributed by atoms with E-state index in [4.69, 9.17) is 19.3 Å². The van der Waals surface area contributed by atoms with Crippen LogP contribution in [0.4, 0.5) is 0 Å². The standard InChI is InChI=1S/C10H16O7/c1-5(12)15-9-3-7(14)10(16-6(2)13)8(4-11)17-9/h7-11,14H,3-4H2,1-2H3/t7-,8-,9?,10+/m1/s1. The molecule has 0 saturated carbocycles. The summed E-state index contributed by atoms with van der Waals surface area (Å²) in [6.45, 7) is 1.95. The van der Waals surface area contributed by atoms with Gasteiger partial charge in [0.25, 0.3) is 0 Å². The van der Waals surface area contributed by atoms with Crippen molar-refractivity contribution in [2.75, 3.05) is 6.61 Å². The van der Waals surface area contributed by atoms with Gasteiger partial charge in [-0.1, -0.05) is 0 Å². The fraction of sp³-hybridized carbons (Fsp3) is 0.800. The number of hydrogen-bond donors (Lipinski definition) is 2. The second-order valence-corrected chi connectivity index (χ2v) is 3.77. The Kier molecular flexibility index (Phi) is 4.86. The normalized spacial score (nSPS) is 32.9. The molecule has 0 bridgehead atoms. The summed E-state index contributed by atoms with van der Waals surface area (Å²) in [5.41, 5.74) is 0. The molecule has 0 aromatic rings. The van der Waals surface area contributed by atoms with E-state index in [1.165, 1.54) is 13.8 Å². The quantitative estimate of drug-likeness (QED) is 0.614. The third-order valence-electron chi connectivity index (χ3n) is 2.29. The summed E-state index contributed by atoms with van der Waals surface area (Å²) in [5, 5.41) is 18.8. The molecule has 1 aliphatic heterocycles. The molecule has 7 nitrogen and oxygen atoms in total. The van der Waals surface area contributed by atoms with Gasteiger partial charge in [-0.05, 0) is 0 Å². The molecule has 4 atom stereocenters. The van der Waals surface area contributed by atoms with Crippen molar-refractivity contribution in [3.05, 3.63) is 0 Å². The van der Waals surface area contributed by atoms with Crippen LogP contribution in [0.25, 0.3) is 0 Å². The molecule has 1 heterocycles. The van der Waals surface area contributed by atoms with Crippen LogP contribution in [-0.2, 0) is 23.8 Å². The maximum Gasteiger partial charge on any atom is 0.304 e. The Morgan fingerprint density at radius 2 is 1.88 bits per heavy atom. The fourth-order valence-electron chi connectivity index (χ4n) is 1.66. The monoisotopic (exact) mass is 248 g/mol. The molecule has 1 saturated heterocycles. The first-order valence-corrected chi connectivity index (χ1v) is 5.23. The molecule has 7 heteroatoms. The Hall–Kier alpha value is -1.18. The number of ether oxygens (including phenoxy) is 3. The number of aliphatic hydroxyl groups is 2. The lowest BCUT2D eigenvalue weighted by molar-refractivity contribution is -0.255. The molecule has 0 spiro atoms. The molecule has 1 aliphatic rings. The summed E-state index contributed by atoms with van der Waals surface area (Å²) < 4.78 is 14.8. The summed E-state index contributed by atoms with van der Waals surface area (Å²) in [4.78, 5) is 21.6. The van der Waals surface area contributed by atoms with Crippen LogP contribution in [-0.4, -0.2) is 53.4 Å². The van der Waals surface area contributed by atoms with E-state index in [-0.39, 0.29) is 6.42 Å². The van der Waals surface area contributed by atoms with E-state index in [9.17, 15) is 14.7 Å². The largest absolute Gasteiger partial charge is 0.457 e. The number of carbonyl (C=O) groups excluding carboxylic acids is 2. The third kappa shape index (κ3) is 3.95. The zero-order chi connectivity index (χ0) is 13.0. The van der Waals surface area contributed by atoms with Crippen molar-refractivity contribution in [2.45, 2.75) is 44.9 Å². The molecule has 17 heavy (non-hydrogen) atoms. The molecule has 98 valence electrons. The van der Waals surface area contributed by atoms with Gasteiger partial charge in [-0.25, -0.2) is 0 Å². The van der Waals surface area contributed by atoms with Gasteiger partial charge in [0.15, 0.2) is 6.10 Å². The second-order valence-electron chi connectivity index (χ2n) is 3.77. The lowest BCUT2D eigenvalue weighted by atomic mass is 10.0. The average Bonchev–Trinajstić information content (AvgIpc) is 2.20. The Bertz CT molecular complexity index is 290. The Balaban J connectivity index is 2.65. The van der Waals surface area contributed by atoms with Crippen molar-refractivity contribution in [3.63, 3.8) is 0 Å². The van der Waals surface area contributed by atoms with Crippen LogP contribution >= 0.6 is 0 Å². The average molecular weight is 248 g/mol. The van der Waals surface area contributed by atoms with Gasteiger partial charge in [0.2, 0.25) is 6.29 Å². The van der Waals surface area contributed by atoms with E-state index in [1.807, 2.05) is 0 Å². The van der Waals surface area contributed by atoms with E-state index < -0.39 is 43.1 Å². The Labute approximate surface area is 98.3 Å². The minimum absolute atomic E-state index is 0.00593. The minimum atomic E-state index is -1.05. The van der Waals surface area contributed by atoms with Crippen molar-refractivity contribution in [3.8, 4) is 0 Å². The van der Waals surface area contributed by atoms with Crippen LogP contribution in [0.2, 0.25) is 0 Å². The predicted molar refractivity (Wildman–Crippen MR) is 53.7 cm³/mol. The lowest BCUT2D eigenvalue weighted by Crippen LogP contribution is -2.52. The number of rotatable bonds is 3. The van der Waals surface area contributed by atoms with Gasteiger partial charge in [0.05, 0.1) is 12.7 Å². The first-order valence-electron chi connectivity index (χ1n) is 5.23. The highest BCUT2D eigenvalue weighted by molar-refractivity contribution is 5.66. The molecular weight excluding hydrogens is 232 g/mol. The zero-order valence-electron chi connectivity index (χ0n) is 9.66. The van der Waals surface area contributed by atoms with E-state index >= 15 is 0 Å². The molecule has 2 N–H and O–H groups in total. The Morgan fingerprint density at radius 3 is 2.35 bits per heavy atom. The van der Waals surface area contributed by atoms with Crippen molar-refractivity contribution in [1.29, 1.82) is 0 Å². The summed E-state index contributed by atoms with van der Waals surface area (Å²) in [6, 6.07) is 0. The van der Waals surface area contributed by atoms with Crippen molar-refractivity contribution in [2.24, 2.45) is 0 Å². The zero-order valence-corrected chi connectivity index (χ0v) is 9.66. The summed E-state index contributed by atoms with van der Waals surface area (Å²) in [7, 11) is 0. The highest BCUT2D eigenvalue weighted by Gasteiger charge is 2.41. The van der Waals surface area contributed by atoms with E-state index in [1.54, 1.807) is 0 Å². The number of aliphatic hydroxyl groups excluding tert-OH is 2. The van der Waals surface area contributed by atoms with Crippen LogP contribution in [0, 0.1) is 0 Å². The van der Waals surface area contributed by atoms with Crippen LogP contribution in [0.3, 0.4) is 0 Å². The van der Waals surface area contributed by atoms with Gasteiger partial charge >= 0.3 is 11.9 Å². The van der Waals surface area contributed by atoms with E-state index in [2.05, 4.69) is 0 Å². The van der Waals surface area contributed by atoms with Crippen LogP contribution in [0.5, 0.6) is 0 Å². The highest BCUT2D eigenvalue weighted by atomic mass is 16.7. The van der Waals surface area contributed by atoms with Gasteiger partial charge < -0.3 is 24.4 Å². The van der Waals surface area contributed by atoms with Crippen molar-refractivity contribution < 1.29 is 34.0 Å². The van der Waals surface area contributed by atoms with E-state index in [0.717, 1.165) is 0 Å². The lowest BCUT2D eigenvalue weighted by Gasteiger charge is -2.37. The molecule has 0 aromatic carbocycles. The van der Waals surface area contributed by atoms with E-state index in [0.29, 0.717) is 0 Å². The predicted octanol–water partition coefficient (Wildman–Crippen LogP) is -1.05. The minimum Gasteiger partial charge on any atom is -0.457 e. The van der Waals surface area contributed by atoms with Crippen LogP contribution in [0.1, 0.15) is 20.3 Å². The molecule has 0 amide bonds. The van der Waals surface area contributed by atoms with Gasteiger partial charge in [0.1, 0.15) is 6.10 Å². The first kappa shape index (κ1) is 13.9. The molecule has 1 unspecified atom stereocenters. The maximum absolute atomic E-state index is 10.8. The number of esters is 2. The van der Waals surface area contributed by atoms with Gasteiger partial charge in [-0.15, -0.1) is 0 Å². The molecule has 1 rings (SSSR count). The van der Waals surface area contributed by atoms with Gasteiger partial charge in [-0.2, -0.15) is 0 Å². The van der Waals surface area contributed by atoms with Crippen molar-refractivity contribution >= 4 is 11.9 Å². The maximum atomic E-state index is 10.8. The van der Waals surface area contributed by atoms with Gasteiger partial charge in [0, 0.05) is 20.3 Å². The molecule has 0 aliphatic carbocycles. The summed E-state index contributed by atoms with van der Waals surface area (Å²) >= 11 is 0. The molecule has 1 fully saturated rings. The van der Waals surface area contributed by atoms with Crippen LogP contribution < -0.4 is 0 Å². The van der Waals surface area contributed by atoms with Crippen LogP contribution in [0.15, 0.2) is 0 Å². The summed E-state index contributed by atoms with van der Waals surface area (Å²) in [5.74, 6) is -1.13. The Morgan fingerprint density at radius 1 is 1.29 bits per heavy atom. The molecular formula is C10H16O7. The third-order valence-corrected chi connectivity index (χ3v) is 2.29. The topological polar surface area (TPSA) is 102 Å². The van der Waals surface area contributed by atoms with Gasteiger partial charge in [-0.3, -0.25) is 9.59 Å². The second kappa shape index (κ2) is 5.95. The SMILES string of the molecule is CC(=O)OC1C[C@@H](O)[C@H](OC(C)=O)[C@@H](CO)O1. The van der Waals surface area contributed by atoms with Crippen molar-refractivity contribution in [1.82, 2.24) is 0 Å². The molecule has 0 radical (unpaired) electrons.